The zero-order chi connectivity index (χ0) is 20.5. The molecule has 3 saturated carbocycles. The Morgan fingerprint density at radius 1 is 1.36 bits per heavy atom. The predicted octanol–water partition coefficient (Wildman–Crippen LogP) is 2.46. The van der Waals surface area contributed by atoms with Crippen LogP contribution in [0.4, 0.5) is 0 Å². The molecule has 0 saturated heterocycles. The van der Waals surface area contributed by atoms with E-state index in [2.05, 4.69) is 13.8 Å². The summed E-state index contributed by atoms with van der Waals surface area (Å²) in [4.78, 5) is 24.8. The average Bonchev–Trinajstić information content (AvgIpc) is 2.89. The van der Waals surface area contributed by atoms with Crippen LogP contribution in [-0.2, 0) is 14.3 Å². The van der Waals surface area contributed by atoms with Gasteiger partial charge in [0.2, 0.25) is 0 Å². The van der Waals surface area contributed by atoms with Gasteiger partial charge >= 0.3 is 0 Å². The van der Waals surface area contributed by atoms with Crippen molar-refractivity contribution in [2.45, 2.75) is 58.2 Å². The van der Waals surface area contributed by atoms with Gasteiger partial charge in [0.25, 0.3) is 0 Å². The molecule has 8 atom stereocenters. The third-order valence-electron chi connectivity index (χ3n) is 8.71. The van der Waals surface area contributed by atoms with Crippen LogP contribution in [0.2, 0.25) is 0 Å². The number of hydrogen-bond donors (Lipinski definition) is 2. The third kappa shape index (κ3) is 2.42. The van der Waals surface area contributed by atoms with Gasteiger partial charge < -0.3 is 14.9 Å². The van der Waals surface area contributed by atoms with E-state index < -0.39 is 17.1 Å². The highest BCUT2D eigenvalue weighted by atomic mass is 16.5. The zero-order valence-corrected chi connectivity index (χ0v) is 17.3. The maximum Gasteiger partial charge on any atom is 0.190 e. The molecule has 0 bridgehead atoms. The summed E-state index contributed by atoms with van der Waals surface area (Å²) in [6.45, 7) is 6.17. The molecule has 8 unspecified atom stereocenters. The molecule has 0 amide bonds. The first-order valence-electron chi connectivity index (χ1n) is 10.5. The van der Waals surface area contributed by atoms with Crippen LogP contribution in [0.1, 0.15) is 46.5 Å². The molecule has 0 spiro atoms. The minimum Gasteiger partial charge on any atom is -0.393 e. The molecule has 28 heavy (non-hydrogen) atoms. The van der Waals surface area contributed by atoms with Crippen LogP contribution in [0.3, 0.4) is 0 Å². The van der Waals surface area contributed by atoms with Gasteiger partial charge in [-0.15, -0.1) is 0 Å². The Hall–Kier alpha value is -1.30. The van der Waals surface area contributed by atoms with Crippen LogP contribution in [0, 0.1) is 34.5 Å². The Balaban J connectivity index is 1.75. The highest BCUT2D eigenvalue weighted by molar-refractivity contribution is 6.01. The van der Waals surface area contributed by atoms with Crippen molar-refractivity contribution >= 4 is 11.6 Å². The number of aliphatic hydroxyl groups is 2. The van der Waals surface area contributed by atoms with Crippen molar-refractivity contribution in [3.8, 4) is 0 Å². The lowest BCUT2D eigenvalue weighted by Gasteiger charge is -2.60. The molecule has 2 N–H and O–H groups in total. The first-order chi connectivity index (χ1) is 13.1. The number of carbonyl (C=O) groups is 2. The topological polar surface area (TPSA) is 83.8 Å². The first kappa shape index (κ1) is 20.0. The van der Waals surface area contributed by atoms with E-state index in [0.29, 0.717) is 12.8 Å². The molecular formula is C23H32O5. The van der Waals surface area contributed by atoms with Crippen LogP contribution in [0.15, 0.2) is 23.8 Å². The highest BCUT2D eigenvalue weighted by Gasteiger charge is 2.68. The average molecular weight is 389 g/mol. The maximum absolute atomic E-state index is 12.8. The molecule has 5 nitrogen and oxygen atoms in total. The van der Waals surface area contributed by atoms with E-state index in [-0.39, 0.29) is 47.3 Å². The number of Topliss-reactive ketones (excluding diaryl/α,β-unsaturated/α-hetero) is 1. The van der Waals surface area contributed by atoms with Crippen molar-refractivity contribution in [1.82, 2.24) is 0 Å². The highest BCUT2D eigenvalue weighted by Crippen LogP contribution is 2.67. The first-order valence-corrected chi connectivity index (χ1v) is 10.5. The number of methoxy groups -OCH3 is 1. The van der Waals surface area contributed by atoms with E-state index in [9.17, 15) is 19.8 Å². The van der Waals surface area contributed by atoms with Crippen LogP contribution < -0.4 is 0 Å². The normalized spacial score (nSPS) is 49.9. The monoisotopic (exact) mass is 388 g/mol. The summed E-state index contributed by atoms with van der Waals surface area (Å²) in [5.74, 6) is 0.347. The van der Waals surface area contributed by atoms with E-state index in [1.54, 1.807) is 12.2 Å². The zero-order valence-electron chi connectivity index (χ0n) is 17.3. The SMILES string of the molecule is COCC(=O)C1(O)CCC2C3CC(C)C4=CC(=O)C=CC4(C)C3C(O)CC21C. The summed E-state index contributed by atoms with van der Waals surface area (Å²) in [5.41, 5.74) is -1.34. The van der Waals surface area contributed by atoms with Gasteiger partial charge in [-0.2, -0.15) is 0 Å². The summed E-state index contributed by atoms with van der Waals surface area (Å²) < 4.78 is 5.03. The van der Waals surface area contributed by atoms with Crippen molar-refractivity contribution in [3.63, 3.8) is 0 Å². The summed E-state index contributed by atoms with van der Waals surface area (Å²) in [6, 6.07) is 0. The van der Waals surface area contributed by atoms with Crippen LogP contribution in [0.5, 0.6) is 0 Å². The van der Waals surface area contributed by atoms with Crippen LogP contribution in [-0.4, -0.2) is 47.2 Å². The number of aliphatic hydroxyl groups excluding tert-OH is 1. The molecule has 4 aliphatic rings. The Morgan fingerprint density at radius 2 is 2.07 bits per heavy atom. The Morgan fingerprint density at radius 3 is 2.75 bits per heavy atom. The summed E-state index contributed by atoms with van der Waals surface area (Å²) in [5, 5.41) is 22.8. The molecule has 4 rings (SSSR count). The minimum absolute atomic E-state index is 0.00254. The number of rotatable bonds is 3. The number of ketones is 2. The number of allylic oxidation sites excluding steroid dienone is 4. The van der Waals surface area contributed by atoms with Gasteiger partial charge in [-0.25, -0.2) is 0 Å². The van der Waals surface area contributed by atoms with E-state index in [1.165, 1.54) is 7.11 Å². The fourth-order valence-electron chi connectivity index (χ4n) is 7.46. The Bertz CT molecular complexity index is 769. The molecule has 0 aromatic heterocycles. The molecule has 3 fully saturated rings. The van der Waals surface area contributed by atoms with Crippen LogP contribution in [0.25, 0.3) is 0 Å². The molecule has 5 heteroatoms. The number of fused-ring (bicyclic) bond motifs is 5. The van der Waals surface area contributed by atoms with Gasteiger partial charge in [0.05, 0.1) is 6.10 Å². The molecule has 0 aromatic carbocycles. The predicted molar refractivity (Wildman–Crippen MR) is 104 cm³/mol. The summed E-state index contributed by atoms with van der Waals surface area (Å²) >= 11 is 0. The third-order valence-corrected chi connectivity index (χ3v) is 8.71. The quantitative estimate of drug-likeness (QED) is 0.776. The van der Waals surface area contributed by atoms with Crippen LogP contribution >= 0.6 is 0 Å². The molecule has 0 aromatic rings. The van der Waals surface area contributed by atoms with Crippen molar-refractivity contribution in [1.29, 1.82) is 0 Å². The smallest absolute Gasteiger partial charge is 0.190 e. The van der Waals surface area contributed by atoms with Gasteiger partial charge in [0.15, 0.2) is 11.6 Å². The fourth-order valence-corrected chi connectivity index (χ4v) is 7.46. The van der Waals surface area contributed by atoms with Gasteiger partial charge in [-0.3, -0.25) is 9.59 Å². The van der Waals surface area contributed by atoms with Gasteiger partial charge in [0.1, 0.15) is 12.2 Å². The van der Waals surface area contributed by atoms with Crippen molar-refractivity contribution in [2.24, 2.45) is 34.5 Å². The van der Waals surface area contributed by atoms with E-state index in [4.69, 9.17) is 4.74 Å². The Labute approximate surface area is 166 Å². The Kier molecular flexibility index (Phi) is 4.53. The molecule has 0 heterocycles. The van der Waals surface area contributed by atoms with Gasteiger partial charge in [-0.05, 0) is 55.6 Å². The van der Waals surface area contributed by atoms with Gasteiger partial charge in [0, 0.05) is 23.9 Å². The van der Waals surface area contributed by atoms with Crippen molar-refractivity contribution < 1.29 is 24.5 Å². The van der Waals surface area contributed by atoms with Crippen molar-refractivity contribution in [2.75, 3.05) is 13.7 Å². The standard InChI is InChI=1S/C23H32O5/c1-13-9-15-16-6-8-23(27,19(26)12-28-4)22(16,3)11-18(25)20(15)21(2)7-5-14(24)10-17(13)21/h5,7,10,13,15-16,18,20,25,27H,6,8-9,11-12H2,1-4H3. The second-order valence-electron chi connectivity index (χ2n) is 10.00. The van der Waals surface area contributed by atoms with Crippen molar-refractivity contribution in [3.05, 3.63) is 23.8 Å². The lowest BCUT2D eigenvalue weighted by atomic mass is 9.45. The number of hydrogen-bond acceptors (Lipinski definition) is 5. The number of carbonyl (C=O) groups excluding carboxylic acids is 2. The lowest BCUT2D eigenvalue weighted by Crippen LogP contribution is -2.62. The molecule has 0 radical (unpaired) electrons. The molecule has 154 valence electrons. The fraction of sp³-hybridized carbons (Fsp3) is 0.739. The van der Waals surface area contributed by atoms with E-state index in [0.717, 1.165) is 18.4 Å². The maximum atomic E-state index is 12.8. The second-order valence-corrected chi connectivity index (χ2v) is 10.00. The van der Waals surface area contributed by atoms with E-state index in [1.807, 2.05) is 13.0 Å². The molecular weight excluding hydrogens is 356 g/mol. The molecule has 4 aliphatic carbocycles. The second kappa shape index (κ2) is 6.35. The minimum atomic E-state index is -1.45. The summed E-state index contributed by atoms with van der Waals surface area (Å²) in [6.07, 6.45) is 7.21. The van der Waals surface area contributed by atoms with Gasteiger partial charge in [-0.1, -0.05) is 32.4 Å². The van der Waals surface area contributed by atoms with E-state index >= 15 is 0 Å². The summed E-state index contributed by atoms with van der Waals surface area (Å²) in [7, 11) is 1.47. The molecule has 0 aliphatic heterocycles. The lowest BCUT2D eigenvalue weighted by molar-refractivity contribution is -0.180. The largest absolute Gasteiger partial charge is 0.393 e. The number of ether oxygens (including phenoxy) is 1.